The molecular weight excluding hydrogens is 286 g/mol. The van der Waals surface area contributed by atoms with Crippen molar-refractivity contribution >= 4 is 39.3 Å². The number of rotatable bonds is 2. The van der Waals surface area contributed by atoms with Gasteiger partial charge in [0.15, 0.2) is 0 Å². The lowest BCUT2D eigenvalue weighted by atomic mass is 10.2. The molecule has 4 heteroatoms. The van der Waals surface area contributed by atoms with E-state index in [9.17, 15) is 4.79 Å². The fourth-order valence-corrected chi connectivity index (χ4v) is 3.24. The maximum atomic E-state index is 11.9. The van der Waals surface area contributed by atoms with Crippen LogP contribution < -0.4 is 5.32 Å². The third-order valence-corrected chi connectivity index (χ3v) is 4.67. The molecule has 1 amide bonds. The Balaban J connectivity index is 2.07. The van der Waals surface area contributed by atoms with Gasteiger partial charge in [0, 0.05) is 4.47 Å². The van der Waals surface area contributed by atoms with Gasteiger partial charge in [-0.2, -0.15) is 0 Å². The predicted octanol–water partition coefficient (Wildman–Crippen LogP) is 3.59. The average molecular weight is 300 g/mol. The van der Waals surface area contributed by atoms with Gasteiger partial charge in [-0.05, 0) is 59.1 Å². The Labute approximate surface area is 108 Å². The monoisotopic (exact) mass is 299 g/mol. The van der Waals surface area contributed by atoms with E-state index < -0.39 is 0 Å². The third kappa shape index (κ3) is 2.80. The number of carbonyl (C=O) groups is 1. The van der Waals surface area contributed by atoms with Crippen molar-refractivity contribution < 1.29 is 4.79 Å². The van der Waals surface area contributed by atoms with E-state index in [0.717, 1.165) is 34.3 Å². The highest BCUT2D eigenvalue weighted by atomic mass is 79.9. The lowest BCUT2D eigenvalue weighted by Gasteiger charge is -2.11. The van der Waals surface area contributed by atoms with Crippen LogP contribution in [-0.2, 0) is 4.79 Å². The highest BCUT2D eigenvalue weighted by molar-refractivity contribution is 9.10. The predicted molar refractivity (Wildman–Crippen MR) is 73.0 cm³/mol. The molecule has 1 N–H and O–H groups in total. The van der Waals surface area contributed by atoms with Crippen molar-refractivity contribution in [2.75, 3.05) is 11.1 Å². The Hall–Kier alpha value is -0.480. The highest BCUT2D eigenvalue weighted by Gasteiger charge is 2.23. The first-order valence-electron chi connectivity index (χ1n) is 5.35. The van der Waals surface area contributed by atoms with Gasteiger partial charge >= 0.3 is 0 Å². The highest BCUT2D eigenvalue weighted by Crippen LogP contribution is 2.29. The number of anilines is 1. The second kappa shape index (κ2) is 5.23. The van der Waals surface area contributed by atoms with Crippen molar-refractivity contribution in [3.8, 4) is 0 Å². The maximum absolute atomic E-state index is 11.9. The van der Waals surface area contributed by atoms with Gasteiger partial charge in [-0.15, -0.1) is 11.8 Å². The molecule has 1 aliphatic heterocycles. The van der Waals surface area contributed by atoms with Gasteiger partial charge in [0.25, 0.3) is 0 Å². The number of amides is 1. The number of halogens is 1. The Morgan fingerprint density at radius 1 is 1.56 bits per heavy atom. The average Bonchev–Trinajstić information content (AvgIpc) is 2.76. The van der Waals surface area contributed by atoms with Crippen LogP contribution in [0.4, 0.5) is 5.69 Å². The van der Waals surface area contributed by atoms with Crippen molar-refractivity contribution in [2.24, 2.45) is 0 Å². The van der Waals surface area contributed by atoms with Gasteiger partial charge in [-0.3, -0.25) is 4.79 Å². The van der Waals surface area contributed by atoms with Gasteiger partial charge in [0.2, 0.25) is 5.91 Å². The summed E-state index contributed by atoms with van der Waals surface area (Å²) in [5.74, 6) is 1.24. The number of nitrogens with one attached hydrogen (secondary N) is 1. The van der Waals surface area contributed by atoms with E-state index in [2.05, 4.69) is 21.2 Å². The van der Waals surface area contributed by atoms with Crippen LogP contribution in [0.15, 0.2) is 22.7 Å². The van der Waals surface area contributed by atoms with Gasteiger partial charge in [0.05, 0.1) is 10.9 Å². The molecule has 1 saturated heterocycles. The number of benzene rings is 1. The van der Waals surface area contributed by atoms with E-state index >= 15 is 0 Å². The normalized spacial score (nSPS) is 19.8. The molecule has 0 aliphatic carbocycles. The first-order chi connectivity index (χ1) is 7.66. The Morgan fingerprint density at radius 2 is 2.38 bits per heavy atom. The fourth-order valence-electron chi connectivity index (χ4n) is 1.73. The van der Waals surface area contributed by atoms with Crippen LogP contribution in [0.1, 0.15) is 18.4 Å². The molecule has 1 heterocycles. The lowest BCUT2D eigenvalue weighted by molar-refractivity contribution is -0.115. The first kappa shape index (κ1) is 12.0. The smallest absolute Gasteiger partial charge is 0.237 e. The molecule has 0 spiro atoms. The summed E-state index contributed by atoms with van der Waals surface area (Å²) in [6, 6.07) is 5.97. The lowest BCUT2D eigenvalue weighted by Crippen LogP contribution is -2.23. The van der Waals surface area contributed by atoms with E-state index in [-0.39, 0.29) is 11.2 Å². The zero-order chi connectivity index (χ0) is 11.5. The van der Waals surface area contributed by atoms with Crippen LogP contribution in [0.2, 0.25) is 0 Å². The summed E-state index contributed by atoms with van der Waals surface area (Å²) in [6.07, 6.45) is 2.15. The van der Waals surface area contributed by atoms with Crippen molar-refractivity contribution in [3.63, 3.8) is 0 Å². The van der Waals surface area contributed by atoms with Crippen LogP contribution in [0.3, 0.4) is 0 Å². The minimum Gasteiger partial charge on any atom is -0.324 e. The van der Waals surface area contributed by atoms with Gasteiger partial charge in [-0.1, -0.05) is 6.07 Å². The van der Waals surface area contributed by atoms with Crippen LogP contribution in [0, 0.1) is 6.92 Å². The molecule has 0 aromatic heterocycles. The number of thioether (sulfide) groups is 1. The van der Waals surface area contributed by atoms with E-state index in [0.29, 0.717) is 0 Å². The molecule has 1 unspecified atom stereocenters. The van der Waals surface area contributed by atoms with E-state index in [1.54, 1.807) is 11.8 Å². The molecule has 2 nitrogen and oxygen atoms in total. The van der Waals surface area contributed by atoms with E-state index in [4.69, 9.17) is 0 Å². The molecule has 1 aromatic carbocycles. The number of hydrogen-bond acceptors (Lipinski definition) is 2. The molecule has 1 atom stereocenters. The number of carbonyl (C=O) groups excluding carboxylic acids is 1. The molecule has 1 aliphatic rings. The van der Waals surface area contributed by atoms with Crippen LogP contribution in [0.5, 0.6) is 0 Å². The molecule has 0 bridgehead atoms. The minimum absolute atomic E-state index is 0.132. The molecule has 16 heavy (non-hydrogen) atoms. The van der Waals surface area contributed by atoms with E-state index in [1.165, 1.54) is 0 Å². The van der Waals surface area contributed by atoms with Crippen LogP contribution in [0.25, 0.3) is 0 Å². The van der Waals surface area contributed by atoms with Crippen molar-refractivity contribution in [1.29, 1.82) is 0 Å². The summed E-state index contributed by atoms with van der Waals surface area (Å²) < 4.78 is 0.939. The molecule has 0 radical (unpaired) electrons. The zero-order valence-corrected chi connectivity index (χ0v) is 11.5. The molecule has 2 rings (SSSR count). The second-order valence-electron chi connectivity index (χ2n) is 3.97. The fraction of sp³-hybridized carbons (Fsp3) is 0.417. The summed E-state index contributed by atoms with van der Waals surface area (Å²) in [5, 5.41) is 3.12. The van der Waals surface area contributed by atoms with Gasteiger partial charge in [0.1, 0.15) is 0 Å². The molecule has 1 fully saturated rings. The summed E-state index contributed by atoms with van der Waals surface area (Å²) in [7, 11) is 0. The standard InChI is InChI=1S/C12H14BrNOS/c1-8-4-5-9(13)10(7-8)14-12(15)11-3-2-6-16-11/h4-5,7,11H,2-3,6H2,1H3,(H,14,15). The molecule has 0 saturated carbocycles. The van der Waals surface area contributed by atoms with Crippen molar-refractivity contribution in [1.82, 2.24) is 0 Å². The number of hydrogen-bond donors (Lipinski definition) is 1. The van der Waals surface area contributed by atoms with Crippen LogP contribution in [-0.4, -0.2) is 16.9 Å². The Morgan fingerprint density at radius 3 is 3.06 bits per heavy atom. The second-order valence-corrected chi connectivity index (χ2v) is 6.14. The summed E-state index contributed by atoms with van der Waals surface area (Å²) >= 11 is 5.20. The molecule has 86 valence electrons. The quantitative estimate of drug-likeness (QED) is 0.904. The van der Waals surface area contributed by atoms with Crippen molar-refractivity contribution in [3.05, 3.63) is 28.2 Å². The molecular formula is C12H14BrNOS. The summed E-state index contributed by atoms with van der Waals surface area (Å²) in [6.45, 7) is 2.02. The minimum atomic E-state index is 0.132. The molecule has 1 aromatic rings. The first-order valence-corrected chi connectivity index (χ1v) is 7.19. The Kier molecular flexibility index (Phi) is 3.92. The maximum Gasteiger partial charge on any atom is 0.237 e. The summed E-state index contributed by atoms with van der Waals surface area (Å²) in [4.78, 5) is 11.9. The topological polar surface area (TPSA) is 29.1 Å². The largest absolute Gasteiger partial charge is 0.324 e. The van der Waals surface area contributed by atoms with Crippen LogP contribution >= 0.6 is 27.7 Å². The summed E-state index contributed by atoms with van der Waals surface area (Å²) in [5.41, 5.74) is 2.02. The third-order valence-electron chi connectivity index (χ3n) is 2.60. The van der Waals surface area contributed by atoms with E-state index in [1.807, 2.05) is 25.1 Å². The Bertz CT molecular complexity index is 402. The SMILES string of the molecule is Cc1ccc(Br)c(NC(=O)C2CCCS2)c1. The van der Waals surface area contributed by atoms with Crippen molar-refractivity contribution in [2.45, 2.75) is 25.0 Å². The van der Waals surface area contributed by atoms with Gasteiger partial charge < -0.3 is 5.32 Å². The van der Waals surface area contributed by atoms with Gasteiger partial charge in [-0.25, -0.2) is 0 Å². The zero-order valence-electron chi connectivity index (χ0n) is 9.13. The number of aryl methyl sites for hydroxylation is 1.